The highest BCUT2D eigenvalue weighted by atomic mass is 16.1. The van der Waals surface area contributed by atoms with Crippen molar-refractivity contribution in [2.45, 2.75) is 12.8 Å². The van der Waals surface area contributed by atoms with E-state index in [2.05, 4.69) is 5.10 Å². The van der Waals surface area contributed by atoms with Gasteiger partial charge in [-0.25, -0.2) is 0 Å². The predicted octanol–water partition coefficient (Wildman–Crippen LogP) is 0.595. The molecule has 1 aromatic heterocycles. The Kier molecular flexibility index (Phi) is 1.43. The quantitative estimate of drug-likeness (QED) is 0.652. The molecule has 0 aliphatic heterocycles. The Morgan fingerprint density at radius 1 is 1.75 bits per heavy atom. The molecule has 0 unspecified atom stereocenters. The molecule has 0 spiro atoms. The topological polar surface area (TPSA) is 60.9 Å². The van der Waals surface area contributed by atoms with E-state index in [1.165, 1.54) is 4.68 Å². The number of carbonyl (C=O) groups is 1. The lowest BCUT2D eigenvalue weighted by Gasteiger charge is -1.96. The minimum Gasteiger partial charge on any atom is -0.383 e. The number of hydrogen-bond donors (Lipinski definition) is 1. The van der Waals surface area contributed by atoms with Crippen LogP contribution in [0.15, 0.2) is 6.20 Å². The molecular weight excluding hydrogens is 154 g/mol. The Balaban J connectivity index is 2.32. The van der Waals surface area contributed by atoms with Gasteiger partial charge in [-0.15, -0.1) is 0 Å². The molecule has 1 aliphatic carbocycles. The number of nitrogens with two attached hydrogens (primary N) is 1. The summed E-state index contributed by atoms with van der Waals surface area (Å²) in [6.07, 6.45) is 3.57. The monoisotopic (exact) mass is 165 g/mol. The number of nitrogen functional groups attached to an aromatic ring is 1. The molecule has 0 bridgehead atoms. The summed E-state index contributed by atoms with van der Waals surface area (Å²) >= 11 is 0. The van der Waals surface area contributed by atoms with Gasteiger partial charge in [-0.1, -0.05) is 0 Å². The molecule has 12 heavy (non-hydrogen) atoms. The van der Waals surface area contributed by atoms with E-state index >= 15 is 0 Å². The highest BCUT2D eigenvalue weighted by Crippen LogP contribution is 2.33. The van der Waals surface area contributed by atoms with Gasteiger partial charge in [0.15, 0.2) is 5.78 Å². The van der Waals surface area contributed by atoms with Crippen molar-refractivity contribution < 1.29 is 4.79 Å². The second-order valence-corrected chi connectivity index (χ2v) is 3.21. The van der Waals surface area contributed by atoms with Gasteiger partial charge in [0, 0.05) is 13.0 Å². The largest absolute Gasteiger partial charge is 0.383 e. The average Bonchev–Trinajstić information content (AvgIpc) is 2.82. The number of hydrogen-bond acceptors (Lipinski definition) is 3. The van der Waals surface area contributed by atoms with Crippen molar-refractivity contribution >= 4 is 11.6 Å². The third-order valence-electron chi connectivity index (χ3n) is 2.20. The zero-order valence-electron chi connectivity index (χ0n) is 6.95. The highest BCUT2D eigenvalue weighted by molar-refractivity contribution is 6.02. The van der Waals surface area contributed by atoms with Crippen LogP contribution in [0, 0.1) is 5.92 Å². The first-order valence-electron chi connectivity index (χ1n) is 4.02. The summed E-state index contributed by atoms with van der Waals surface area (Å²) in [5.74, 6) is 0.851. The fraction of sp³-hybridized carbons (Fsp3) is 0.500. The third kappa shape index (κ3) is 0.995. The lowest BCUT2D eigenvalue weighted by atomic mass is 10.1. The fourth-order valence-corrected chi connectivity index (χ4v) is 1.20. The molecule has 4 nitrogen and oxygen atoms in total. The van der Waals surface area contributed by atoms with Crippen LogP contribution in [0.4, 0.5) is 5.82 Å². The molecule has 1 aromatic rings. The summed E-state index contributed by atoms with van der Waals surface area (Å²) < 4.78 is 1.52. The minimum atomic E-state index is 0.153. The van der Waals surface area contributed by atoms with Gasteiger partial charge in [-0.2, -0.15) is 5.10 Å². The normalized spacial score (nSPS) is 16.4. The molecule has 2 rings (SSSR count). The molecular formula is C8H11N3O. The van der Waals surface area contributed by atoms with Crippen molar-refractivity contribution in [1.82, 2.24) is 9.78 Å². The van der Waals surface area contributed by atoms with Crippen LogP contribution in [0.2, 0.25) is 0 Å². The summed E-state index contributed by atoms with van der Waals surface area (Å²) in [5.41, 5.74) is 6.23. The molecule has 4 heteroatoms. The number of rotatable bonds is 2. The lowest BCUT2D eigenvalue weighted by Crippen LogP contribution is -2.05. The van der Waals surface area contributed by atoms with E-state index in [0.29, 0.717) is 11.4 Å². The van der Waals surface area contributed by atoms with Crippen molar-refractivity contribution in [3.8, 4) is 0 Å². The molecule has 64 valence electrons. The van der Waals surface area contributed by atoms with Crippen molar-refractivity contribution in [2.24, 2.45) is 13.0 Å². The Hall–Kier alpha value is -1.32. The maximum Gasteiger partial charge on any atom is 0.171 e. The molecule has 1 fully saturated rings. The molecule has 1 aliphatic rings. The van der Waals surface area contributed by atoms with Crippen LogP contribution in [0.5, 0.6) is 0 Å². The zero-order valence-corrected chi connectivity index (χ0v) is 6.95. The van der Waals surface area contributed by atoms with Crippen LogP contribution < -0.4 is 5.73 Å². The first kappa shape index (κ1) is 7.34. The van der Waals surface area contributed by atoms with Crippen LogP contribution in [0.1, 0.15) is 23.2 Å². The second kappa shape index (κ2) is 2.33. The highest BCUT2D eigenvalue weighted by Gasteiger charge is 2.32. The van der Waals surface area contributed by atoms with Gasteiger partial charge in [-0.3, -0.25) is 9.48 Å². The number of nitrogens with zero attached hydrogens (tertiary/aromatic N) is 2. The predicted molar refractivity (Wildman–Crippen MR) is 44.7 cm³/mol. The SMILES string of the molecule is Cn1ncc(C(=O)C2CC2)c1N. The van der Waals surface area contributed by atoms with Crippen molar-refractivity contribution in [1.29, 1.82) is 0 Å². The molecule has 2 N–H and O–H groups in total. The average molecular weight is 165 g/mol. The maximum absolute atomic E-state index is 11.5. The fourth-order valence-electron chi connectivity index (χ4n) is 1.20. The van der Waals surface area contributed by atoms with Crippen LogP contribution >= 0.6 is 0 Å². The van der Waals surface area contributed by atoms with Crippen LogP contribution in [-0.4, -0.2) is 15.6 Å². The van der Waals surface area contributed by atoms with Crippen LogP contribution in [0.25, 0.3) is 0 Å². The summed E-state index contributed by atoms with van der Waals surface area (Å²) in [4.78, 5) is 11.5. The molecule has 0 amide bonds. The first-order chi connectivity index (χ1) is 5.70. The van der Waals surface area contributed by atoms with Crippen molar-refractivity contribution in [3.63, 3.8) is 0 Å². The van der Waals surface area contributed by atoms with E-state index < -0.39 is 0 Å². The minimum absolute atomic E-state index is 0.153. The Labute approximate surface area is 70.4 Å². The zero-order chi connectivity index (χ0) is 8.72. The summed E-state index contributed by atoms with van der Waals surface area (Å²) in [6, 6.07) is 0. The number of carbonyl (C=O) groups excluding carboxylic acids is 1. The molecule has 1 saturated carbocycles. The Morgan fingerprint density at radius 3 is 2.83 bits per heavy atom. The van der Waals surface area contributed by atoms with E-state index in [0.717, 1.165) is 12.8 Å². The van der Waals surface area contributed by atoms with Gasteiger partial charge in [0.1, 0.15) is 5.82 Å². The van der Waals surface area contributed by atoms with Crippen LogP contribution in [-0.2, 0) is 7.05 Å². The smallest absolute Gasteiger partial charge is 0.171 e. The van der Waals surface area contributed by atoms with Crippen LogP contribution in [0.3, 0.4) is 0 Å². The number of ketones is 1. The van der Waals surface area contributed by atoms with E-state index in [4.69, 9.17) is 5.73 Å². The molecule has 0 saturated heterocycles. The second-order valence-electron chi connectivity index (χ2n) is 3.21. The Bertz CT molecular complexity index is 325. The van der Waals surface area contributed by atoms with E-state index in [-0.39, 0.29) is 11.7 Å². The molecule has 0 radical (unpaired) electrons. The lowest BCUT2D eigenvalue weighted by molar-refractivity contribution is 0.0968. The summed E-state index contributed by atoms with van der Waals surface area (Å²) in [7, 11) is 1.74. The van der Waals surface area contributed by atoms with Gasteiger partial charge in [0.05, 0.1) is 11.8 Å². The van der Waals surface area contributed by atoms with Gasteiger partial charge >= 0.3 is 0 Å². The van der Waals surface area contributed by atoms with Crippen molar-refractivity contribution in [2.75, 3.05) is 5.73 Å². The van der Waals surface area contributed by atoms with Gasteiger partial charge in [0.2, 0.25) is 0 Å². The number of Topliss-reactive ketones (excluding diaryl/α,β-unsaturated/α-hetero) is 1. The number of aromatic nitrogens is 2. The Morgan fingerprint density at radius 2 is 2.42 bits per heavy atom. The van der Waals surface area contributed by atoms with Crippen molar-refractivity contribution in [3.05, 3.63) is 11.8 Å². The molecule has 0 atom stereocenters. The maximum atomic E-state index is 11.5. The van der Waals surface area contributed by atoms with Gasteiger partial charge in [-0.05, 0) is 12.8 Å². The summed E-state index contributed by atoms with van der Waals surface area (Å²) in [5, 5.41) is 3.92. The van der Waals surface area contributed by atoms with Gasteiger partial charge in [0.25, 0.3) is 0 Å². The van der Waals surface area contributed by atoms with E-state index in [9.17, 15) is 4.79 Å². The number of aryl methyl sites for hydroxylation is 1. The third-order valence-corrected chi connectivity index (χ3v) is 2.20. The first-order valence-corrected chi connectivity index (χ1v) is 4.02. The molecule has 0 aromatic carbocycles. The molecule has 1 heterocycles. The number of anilines is 1. The summed E-state index contributed by atoms with van der Waals surface area (Å²) in [6.45, 7) is 0. The van der Waals surface area contributed by atoms with Gasteiger partial charge < -0.3 is 5.73 Å². The van der Waals surface area contributed by atoms with E-state index in [1.807, 2.05) is 0 Å². The van der Waals surface area contributed by atoms with E-state index in [1.54, 1.807) is 13.2 Å². The standard InChI is InChI=1S/C8H11N3O/c1-11-8(9)6(4-10-11)7(12)5-2-3-5/h4-5H,2-3,9H2,1H3.